The molecule has 0 aliphatic carbocycles. The van der Waals surface area contributed by atoms with Gasteiger partial charge in [0.15, 0.2) is 11.6 Å². The fourth-order valence-electron chi connectivity index (χ4n) is 2.31. The predicted octanol–water partition coefficient (Wildman–Crippen LogP) is 3.31. The SMILES string of the molecule is Cn1c(Cc2ccc(F)c(F)c2)nc2cc(C#N)ccc21. The number of imidazole rings is 1. The van der Waals surface area contributed by atoms with E-state index in [1.165, 1.54) is 6.07 Å². The molecule has 0 N–H and O–H groups in total. The molecule has 3 aromatic rings. The fourth-order valence-corrected chi connectivity index (χ4v) is 2.31. The van der Waals surface area contributed by atoms with Crippen molar-refractivity contribution in [2.75, 3.05) is 0 Å². The van der Waals surface area contributed by atoms with Crippen molar-refractivity contribution in [1.82, 2.24) is 9.55 Å². The number of rotatable bonds is 2. The fraction of sp³-hybridized carbons (Fsp3) is 0.125. The van der Waals surface area contributed by atoms with Crippen LogP contribution in [0.25, 0.3) is 11.0 Å². The normalized spacial score (nSPS) is 10.8. The third-order valence-electron chi connectivity index (χ3n) is 3.45. The maximum atomic E-state index is 13.2. The summed E-state index contributed by atoms with van der Waals surface area (Å²) in [5.74, 6) is -0.994. The smallest absolute Gasteiger partial charge is 0.159 e. The summed E-state index contributed by atoms with van der Waals surface area (Å²) in [7, 11) is 1.86. The Morgan fingerprint density at radius 3 is 2.67 bits per heavy atom. The van der Waals surface area contributed by atoms with Crippen molar-refractivity contribution in [1.29, 1.82) is 5.26 Å². The number of nitrogens with zero attached hydrogens (tertiary/aromatic N) is 3. The highest BCUT2D eigenvalue weighted by Gasteiger charge is 2.10. The zero-order valence-corrected chi connectivity index (χ0v) is 11.3. The van der Waals surface area contributed by atoms with Gasteiger partial charge >= 0.3 is 0 Å². The summed E-state index contributed by atoms with van der Waals surface area (Å²) in [6.45, 7) is 0. The van der Waals surface area contributed by atoms with Crippen LogP contribution in [-0.2, 0) is 13.5 Å². The Morgan fingerprint density at radius 1 is 1.14 bits per heavy atom. The highest BCUT2D eigenvalue weighted by Crippen LogP contribution is 2.19. The Kier molecular flexibility index (Phi) is 3.15. The molecule has 0 fully saturated rings. The van der Waals surface area contributed by atoms with E-state index in [-0.39, 0.29) is 0 Å². The van der Waals surface area contributed by atoms with Gasteiger partial charge in [0.25, 0.3) is 0 Å². The predicted molar refractivity (Wildman–Crippen MR) is 74.6 cm³/mol. The molecule has 2 aromatic carbocycles. The van der Waals surface area contributed by atoms with Gasteiger partial charge in [-0.2, -0.15) is 5.26 Å². The van der Waals surface area contributed by atoms with Crippen molar-refractivity contribution in [3.63, 3.8) is 0 Å². The van der Waals surface area contributed by atoms with Crippen LogP contribution in [0.2, 0.25) is 0 Å². The average Bonchev–Trinajstić information content (AvgIpc) is 2.79. The molecule has 0 aliphatic heterocycles. The lowest BCUT2D eigenvalue weighted by Gasteiger charge is -2.03. The molecular formula is C16H11F2N3. The number of halogens is 2. The van der Waals surface area contributed by atoms with Crippen LogP contribution in [0.5, 0.6) is 0 Å². The average molecular weight is 283 g/mol. The lowest BCUT2D eigenvalue weighted by molar-refractivity contribution is 0.507. The summed E-state index contributed by atoms with van der Waals surface area (Å²) in [4.78, 5) is 4.46. The Labute approximate surface area is 120 Å². The first-order chi connectivity index (χ1) is 10.1. The number of hydrogen-bond donors (Lipinski definition) is 0. The molecular weight excluding hydrogens is 272 g/mol. The number of aryl methyl sites for hydroxylation is 1. The van der Waals surface area contributed by atoms with E-state index in [0.717, 1.165) is 17.4 Å². The number of hydrogen-bond acceptors (Lipinski definition) is 2. The maximum absolute atomic E-state index is 13.2. The van der Waals surface area contributed by atoms with E-state index in [1.54, 1.807) is 18.2 Å². The Balaban J connectivity index is 2.02. The molecule has 0 saturated carbocycles. The first-order valence-corrected chi connectivity index (χ1v) is 6.38. The number of benzene rings is 2. The van der Waals surface area contributed by atoms with E-state index in [0.29, 0.717) is 23.1 Å². The first kappa shape index (κ1) is 13.3. The molecule has 0 spiro atoms. The third-order valence-corrected chi connectivity index (χ3v) is 3.45. The lowest BCUT2D eigenvalue weighted by atomic mass is 10.1. The highest BCUT2D eigenvalue weighted by molar-refractivity contribution is 5.77. The quantitative estimate of drug-likeness (QED) is 0.724. The van der Waals surface area contributed by atoms with Crippen LogP contribution in [0.1, 0.15) is 17.0 Å². The third kappa shape index (κ3) is 2.36. The zero-order chi connectivity index (χ0) is 15.0. The van der Waals surface area contributed by atoms with Crippen molar-refractivity contribution in [3.8, 4) is 6.07 Å². The van der Waals surface area contributed by atoms with Crippen LogP contribution in [0.15, 0.2) is 36.4 Å². The molecule has 3 rings (SSSR count). The van der Waals surface area contributed by atoms with Gasteiger partial charge in [-0.3, -0.25) is 0 Å². The Morgan fingerprint density at radius 2 is 1.95 bits per heavy atom. The van der Waals surface area contributed by atoms with Gasteiger partial charge in [-0.05, 0) is 35.9 Å². The van der Waals surface area contributed by atoms with Gasteiger partial charge in [0.2, 0.25) is 0 Å². The Bertz CT molecular complexity index is 875. The lowest BCUT2D eigenvalue weighted by Crippen LogP contribution is -2.00. The Hall–Kier alpha value is -2.74. The molecule has 104 valence electrons. The van der Waals surface area contributed by atoms with Gasteiger partial charge < -0.3 is 4.57 Å². The van der Waals surface area contributed by atoms with E-state index in [1.807, 2.05) is 17.7 Å². The summed E-state index contributed by atoms with van der Waals surface area (Å²) in [5, 5.41) is 8.90. The molecule has 0 unspecified atom stereocenters. The van der Waals surface area contributed by atoms with Gasteiger partial charge in [-0.1, -0.05) is 6.07 Å². The van der Waals surface area contributed by atoms with Gasteiger partial charge in [0.05, 0.1) is 22.7 Å². The summed E-state index contributed by atoms with van der Waals surface area (Å²) in [5.41, 5.74) is 2.80. The van der Waals surface area contributed by atoms with Crippen LogP contribution in [0.4, 0.5) is 8.78 Å². The summed E-state index contributed by atoms with van der Waals surface area (Å²) >= 11 is 0. The van der Waals surface area contributed by atoms with Crippen molar-refractivity contribution in [2.45, 2.75) is 6.42 Å². The van der Waals surface area contributed by atoms with Crippen molar-refractivity contribution < 1.29 is 8.78 Å². The number of fused-ring (bicyclic) bond motifs is 1. The first-order valence-electron chi connectivity index (χ1n) is 6.38. The second-order valence-corrected chi connectivity index (χ2v) is 4.83. The molecule has 0 radical (unpaired) electrons. The van der Waals surface area contributed by atoms with Gasteiger partial charge in [-0.15, -0.1) is 0 Å². The van der Waals surface area contributed by atoms with E-state index < -0.39 is 11.6 Å². The largest absolute Gasteiger partial charge is 0.331 e. The number of nitriles is 1. The summed E-state index contributed by atoms with van der Waals surface area (Å²) in [6.07, 6.45) is 0.393. The molecule has 0 bridgehead atoms. The molecule has 0 saturated heterocycles. The monoisotopic (exact) mass is 283 g/mol. The van der Waals surface area contributed by atoms with Crippen LogP contribution in [0, 0.1) is 23.0 Å². The minimum absolute atomic E-state index is 0.393. The second kappa shape index (κ2) is 4.98. The van der Waals surface area contributed by atoms with E-state index in [4.69, 9.17) is 5.26 Å². The zero-order valence-electron chi connectivity index (χ0n) is 11.3. The molecule has 0 amide bonds. The van der Waals surface area contributed by atoms with Crippen LogP contribution < -0.4 is 0 Å². The van der Waals surface area contributed by atoms with E-state index in [2.05, 4.69) is 11.1 Å². The molecule has 5 heteroatoms. The van der Waals surface area contributed by atoms with Crippen LogP contribution in [-0.4, -0.2) is 9.55 Å². The van der Waals surface area contributed by atoms with Gasteiger partial charge in [0, 0.05) is 13.5 Å². The standard InChI is InChI=1S/C16H11F2N3/c1-21-15-5-3-11(9-19)7-14(15)20-16(21)8-10-2-4-12(17)13(18)6-10/h2-7H,8H2,1H3. The van der Waals surface area contributed by atoms with Gasteiger partial charge in [-0.25, -0.2) is 13.8 Å². The molecule has 1 aromatic heterocycles. The summed E-state index contributed by atoms with van der Waals surface area (Å²) in [6, 6.07) is 11.2. The van der Waals surface area contributed by atoms with Crippen molar-refractivity contribution in [3.05, 3.63) is 65.0 Å². The summed E-state index contributed by atoms with van der Waals surface area (Å²) < 4.78 is 28.1. The molecule has 1 heterocycles. The van der Waals surface area contributed by atoms with Crippen LogP contribution >= 0.6 is 0 Å². The molecule has 21 heavy (non-hydrogen) atoms. The van der Waals surface area contributed by atoms with Gasteiger partial charge in [0.1, 0.15) is 5.82 Å². The van der Waals surface area contributed by atoms with Crippen molar-refractivity contribution >= 4 is 11.0 Å². The number of aromatic nitrogens is 2. The highest BCUT2D eigenvalue weighted by atomic mass is 19.2. The minimum Gasteiger partial charge on any atom is -0.331 e. The molecule has 0 aliphatic rings. The van der Waals surface area contributed by atoms with Crippen molar-refractivity contribution in [2.24, 2.45) is 7.05 Å². The second-order valence-electron chi connectivity index (χ2n) is 4.83. The van der Waals surface area contributed by atoms with E-state index in [9.17, 15) is 8.78 Å². The van der Waals surface area contributed by atoms with E-state index >= 15 is 0 Å². The molecule has 3 nitrogen and oxygen atoms in total. The maximum Gasteiger partial charge on any atom is 0.159 e. The van der Waals surface area contributed by atoms with Crippen LogP contribution in [0.3, 0.4) is 0 Å². The topological polar surface area (TPSA) is 41.6 Å². The minimum atomic E-state index is -0.863. The molecule has 0 atom stereocenters.